The van der Waals surface area contributed by atoms with Gasteiger partial charge in [0, 0.05) is 6.92 Å². The fraction of sp³-hybridized carbons (Fsp3) is 0.786. The number of hydrogen-bond acceptors (Lipinski definition) is 5. The van der Waals surface area contributed by atoms with E-state index in [0.29, 0.717) is 17.6 Å². The molecule has 6 heteroatoms. The Kier molecular flexibility index (Phi) is 3.50. The van der Waals surface area contributed by atoms with Gasteiger partial charge in [-0.3, -0.25) is 4.79 Å². The molecule has 2 aliphatic rings. The second-order valence-electron chi connectivity index (χ2n) is 6.19. The first kappa shape index (κ1) is 13.5. The molecule has 1 heterocycles. The molecule has 1 aromatic rings. The SMILES string of the molecule is CC(=O)NC(c1nc(C2(N)CCC2)no1)C1CCCC1. The van der Waals surface area contributed by atoms with Crippen molar-refractivity contribution in [2.24, 2.45) is 11.7 Å². The van der Waals surface area contributed by atoms with Crippen LogP contribution in [0.5, 0.6) is 0 Å². The van der Waals surface area contributed by atoms with Crippen molar-refractivity contribution in [1.82, 2.24) is 15.5 Å². The summed E-state index contributed by atoms with van der Waals surface area (Å²) in [7, 11) is 0. The molecular formula is C14H22N4O2. The minimum Gasteiger partial charge on any atom is -0.344 e. The lowest BCUT2D eigenvalue weighted by molar-refractivity contribution is -0.120. The van der Waals surface area contributed by atoms with Crippen molar-refractivity contribution in [2.45, 2.75) is 63.5 Å². The van der Waals surface area contributed by atoms with Crippen molar-refractivity contribution in [2.75, 3.05) is 0 Å². The topological polar surface area (TPSA) is 94.0 Å². The summed E-state index contributed by atoms with van der Waals surface area (Å²) >= 11 is 0. The number of rotatable bonds is 4. The summed E-state index contributed by atoms with van der Waals surface area (Å²) in [6.07, 6.45) is 7.50. The fourth-order valence-corrected chi connectivity index (χ4v) is 3.24. The third kappa shape index (κ3) is 2.44. The summed E-state index contributed by atoms with van der Waals surface area (Å²) in [5.74, 6) is 1.43. The molecule has 2 fully saturated rings. The lowest BCUT2D eigenvalue weighted by Crippen LogP contribution is -2.44. The van der Waals surface area contributed by atoms with Crippen LogP contribution in [0, 0.1) is 5.92 Å². The largest absolute Gasteiger partial charge is 0.344 e. The van der Waals surface area contributed by atoms with Gasteiger partial charge in [-0.2, -0.15) is 4.98 Å². The van der Waals surface area contributed by atoms with Gasteiger partial charge in [0.25, 0.3) is 0 Å². The van der Waals surface area contributed by atoms with E-state index >= 15 is 0 Å². The van der Waals surface area contributed by atoms with Gasteiger partial charge in [-0.25, -0.2) is 0 Å². The Bertz CT molecular complexity index is 489. The van der Waals surface area contributed by atoms with Gasteiger partial charge in [0.2, 0.25) is 11.8 Å². The van der Waals surface area contributed by atoms with Crippen LogP contribution in [-0.4, -0.2) is 16.0 Å². The minimum atomic E-state index is -0.418. The van der Waals surface area contributed by atoms with Crippen LogP contribution < -0.4 is 11.1 Å². The van der Waals surface area contributed by atoms with Crippen LogP contribution >= 0.6 is 0 Å². The molecule has 0 aromatic carbocycles. The van der Waals surface area contributed by atoms with E-state index < -0.39 is 5.54 Å². The molecule has 2 saturated carbocycles. The van der Waals surface area contributed by atoms with Crippen LogP contribution in [0.25, 0.3) is 0 Å². The van der Waals surface area contributed by atoms with Crippen molar-refractivity contribution in [3.05, 3.63) is 11.7 Å². The van der Waals surface area contributed by atoms with Gasteiger partial charge in [-0.05, 0) is 38.0 Å². The highest BCUT2D eigenvalue weighted by molar-refractivity contribution is 5.73. The molecule has 0 aliphatic heterocycles. The van der Waals surface area contributed by atoms with E-state index in [0.717, 1.165) is 32.1 Å². The molecule has 0 bridgehead atoms. The van der Waals surface area contributed by atoms with Gasteiger partial charge in [-0.15, -0.1) is 0 Å². The molecule has 3 rings (SSSR count). The molecule has 0 spiro atoms. The zero-order valence-corrected chi connectivity index (χ0v) is 11.9. The van der Waals surface area contributed by atoms with E-state index in [1.165, 1.54) is 19.8 Å². The first-order valence-electron chi connectivity index (χ1n) is 7.48. The summed E-state index contributed by atoms with van der Waals surface area (Å²) in [5, 5.41) is 7.01. The van der Waals surface area contributed by atoms with Crippen LogP contribution in [0.2, 0.25) is 0 Å². The van der Waals surface area contributed by atoms with Gasteiger partial charge < -0.3 is 15.6 Å². The normalized spacial score (nSPS) is 23.3. The van der Waals surface area contributed by atoms with E-state index in [4.69, 9.17) is 10.3 Å². The molecule has 1 atom stereocenters. The maximum Gasteiger partial charge on any atom is 0.249 e. The number of carbonyl (C=O) groups excluding carboxylic acids is 1. The second-order valence-corrected chi connectivity index (χ2v) is 6.19. The number of amides is 1. The second kappa shape index (κ2) is 5.16. The average molecular weight is 278 g/mol. The monoisotopic (exact) mass is 278 g/mol. The highest BCUT2D eigenvalue weighted by atomic mass is 16.5. The van der Waals surface area contributed by atoms with E-state index in [9.17, 15) is 4.79 Å². The Morgan fingerprint density at radius 3 is 2.65 bits per heavy atom. The van der Waals surface area contributed by atoms with Crippen LogP contribution in [-0.2, 0) is 10.3 Å². The number of nitrogens with zero attached hydrogens (tertiary/aromatic N) is 2. The summed E-state index contributed by atoms with van der Waals surface area (Å²) in [4.78, 5) is 15.9. The Hall–Kier alpha value is -1.43. The van der Waals surface area contributed by atoms with Crippen LogP contribution in [0.4, 0.5) is 0 Å². The zero-order chi connectivity index (χ0) is 14.2. The van der Waals surface area contributed by atoms with Crippen molar-refractivity contribution >= 4 is 5.91 Å². The maximum atomic E-state index is 11.4. The summed E-state index contributed by atoms with van der Waals surface area (Å²) in [6.45, 7) is 1.52. The van der Waals surface area contributed by atoms with Gasteiger partial charge in [0.15, 0.2) is 5.82 Å². The molecule has 2 aliphatic carbocycles. The van der Waals surface area contributed by atoms with E-state index in [2.05, 4.69) is 15.5 Å². The Balaban J connectivity index is 1.81. The van der Waals surface area contributed by atoms with Crippen LogP contribution in [0.3, 0.4) is 0 Å². The van der Waals surface area contributed by atoms with Crippen molar-refractivity contribution in [3.63, 3.8) is 0 Å². The van der Waals surface area contributed by atoms with Crippen LogP contribution in [0.15, 0.2) is 4.52 Å². The average Bonchev–Trinajstić information content (AvgIpc) is 3.04. The first-order valence-corrected chi connectivity index (χ1v) is 7.48. The van der Waals surface area contributed by atoms with Gasteiger partial charge >= 0.3 is 0 Å². The number of aromatic nitrogens is 2. The molecule has 20 heavy (non-hydrogen) atoms. The van der Waals surface area contributed by atoms with Crippen molar-refractivity contribution < 1.29 is 9.32 Å². The molecule has 0 saturated heterocycles. The number of hydrogen-bond donors (Lipinski definition) is 2. The van der Waals surface area contributed by atoms with E-state index in [-0.39, 0.29) is 11.9 Å². The van der Waals surface area contributed by atoms with Crippen LogP contribution in [0.1, 0.15) is 69.6 Å². The number of nitrogens with one attached hydrogen (secondary N) is 1. The predicted octanol–water partition coefficient (Wildman–Crippen LogP) is 1.77. The zero-order valence-electron chi connectivity index (χ0n) is 11.9. The Labute approximate surface area is 118 Å². The van der Waals surface area contributed by atoms with E-state index in [1.807, 2.05) is 0 Å². The van der Waals surface area contributed by atoms with Gasteiger partial charge in [-0.1, -0.05) is 18.0 Å². The maximum absolute atomic E-state index is 11.4. The van der Waals surface area contributed by atoms with Crippen molar-refractivity contribution in [3.8, 4) is 0 Å². The highest BCUT2D eigenvalue weighted by Crippen LogP contribution is 2.39. The fourth-order valence-electron chi connectivity index (χ4n) is 3.24. The number of carbonyl (C=O) groups is 1. The Morgan fingerprint density at radius 2 is 2.10 bits per heavy atom. The third-order valence-corrected chi connectivity index (χ3v) is 4.63. The molecular weight excluding hydrogens is 256 g/mol. The smallest absolute Gasteiger partial charge is 0.249 e. The lowest BCUT2D eigenvalue weighted by Gasteiger charge is -2.34. The number of nitrogens with two attached hydrogens (primary N) is 1. The molecule has 110 valence electrons. The lowest BCUT2D eigenvalue weighted by atomic mass is 9.77. The van der Waals surface area contributed by atoms with Gasteiger partial charge in [0.1, 0.15) is 6.04 Å². The van der Waals surface area contributed by atoms with Crippen molar-refractivity contribution in [1.29, 1.82) is 0 Å². The minimum absolute atomic E-state index is 0.0623. The molecule has 6 nitrogen and oxygen atoms in total. The highest BCUT2D eigenvalue weighted by Gasteiger charge is 2.40. The standard InChI is InChI=1S/C14H22N4O2/c1-9(19)16-11(10-5-2-3-6-10)12-17-13(18-20-12)14(15)7-4-8-14/h10-11H,2-8,15H2,1H3,(H,16,19). The van der Waals surface area contributed by atoms with Gasteiger partial charge in [0.05, 0.1) is 5.54 Å². The molecule has 3 N–H and O–H groups in total. The summed E-state index contributed by atoms with van der Waals surface area (Å²) in [6, 6.07) is -0.167. The Morgan fingerprint density at radius 1 is 1.40 bits per heavy atom. The van der Waals surface area contributed by atoms with E-state index in [1.54, 1.807) is 0 Å². The first-order chi connectivity index (χ1) is 9.58. The molecule has 1 amide bonds. The quantitative estimate of drug-likeness (QED) is 0.875. The summed E-state index contributed by atoms with van der Waals surface area (Å²) < 4.78 is 5.41. The molecule has 0 radical (unpaired) electrons. The predicted molar refractivity (Wildman–Crippen MR) is 72.5 cm³/mol. The third-order valence-electron chi connectivity index (χ3n) is 4.63. The molecule has 1 unspecified atom stereocenters. The molecule has 1 aromatic heterocycles. The summed E-state index contributed by atoms with van der Waals surface area (Å²) in [5.41, 5.74) is 5.80.